The molecule has 0 aromatic carbocycles. The van der Waals surface area contributed by atoms with Crippen molar-refractivity contribution in [2.45, 2.75) is 46.7 Å². The molecule has 0 rings (SSSR count). The van der Waals surface area contributed by atoms with Gasteiger partial charge in [0.1, 0.15) is 0 Å². The molecular formula is C16H36N4O2. The number of rotatable bonds is 12. The molecule has 0 aromatic rings. The van der Waals surface area contributed by atoms with Gasteiger partial charge in [-0.2, -0.15) is 0 Å². The summed E-state index contributed by atoms with van der Waals surface area (Å²) in [5.41, 5.74) is 0. The molecule has 0 unspecified atom stereocenters. The normalized spacial score (nSPS) is 12.5. The summed E-state index contributed by atoms with van der Waals surface area (Å²) < 4.78 is 10.4. The van der Waals surface area contributed by atoms with Gasteiger partial charge in [0.05, 0.1) is 26.4 Å². The highest BCUT2D eigenvalue weighted by atomic mass is 16.5. The first-order valence-corrected chi connectivity index (χ1v) is 8.37. The summed E-state index contributed by atoms with van der Waals surface area (Å²) in [4.78, 5) is 7.07. The molecule has 0 fully saturated rings. The second kappa shape index (κ2) is 13.8. The summed E-state index contributed by atoms with van der Waals surface area (Å²) in [7, 11) is 1.68. The second-order valence-corrected chi connectivity index (χ2v) is 5.72. The third-order valence-electron chi connectivity index (χ3n) is 3.27. The van der Waals surface area contributed by atoms with Gasteiger partial charge < -0.3 is 20.1 Å². The van der Waals surface area contributed by atoms with Gasteiger partial charge in [-0.05, 0) is 34.6 Å². The highest BCUT2D eigenvalue weighted by Crippen LogP contribution is 2.03. The smallest absolute Gasteiger partial charge is 0.191 e. The number of ether oxygens (including phenoxy) is 2. The molecule has 6 heteroatoms. The molecule has 0 saturated heterocycles. The Morgan fingerprint density at radius 1 is 1.05 bits per heavy atom. The summed E-state index contributed by atoms with van der Waals surface area (Å²) in [6, 6.07) is 1.08. The van der Waals surface area contributed by atoms with E-state index in [1.807, 2.05) is 0 Å². The lowest BCUT2D eigenvalue weighted by molar-refractivity contribution is 0.0733. The Morgan fingerprint density at radius 2 is 1.73 bits per heavy atom. The molecule has 0 spiro atoms. The molecular weight excluding hydrogens is 280 g/mol. The fourth-order valence-corrected chi connectivity index (χ4v) is 2.22. The van der Waals surface area contributed by atoms with Gasteiger partial charge in [0.2, 0.25) is 0 Å². The van der Waals surface area contributed by atoms with Crippen molar-refractivity contribution in [3.8, 4) is 0 Å². The topological polar surface area (TPSA) is 58.1 Å². The van der Waals surface area contributed by atoms with Gasteiger partial charge in [-0.25, -0.2) is 0 Å². The van der Waals surface area contributed by atoms with Crippen LogP contribution in [-0.2, 0) is 9.47 Å². The predicted octanol–water partition coefficient (Wildman–Crippen LogP) is 1.32. The summed E-state index contributed by atoms with van der Waals surface area (Å²) in [5, 5.41) is 6.54. The van der Waals surface area contributed by atoms with Gasteiger partial charge in [-0.1, -0.05) is 0 Å². The zero-order chi connectivity index (χ0) is 16.8. The number of aliphatic imine (C=N–C) groups is 1. The summed E-state index contributed by atoms with van der Waals surface area (Å²) in [6.07, 6.45) is 0. The molecule has 0 radical (unpaired) electrons. The molecule has 2 N–H and O–H groups in total. The van der Waals surface area contributed by atoms with Crippen molar-refractivity contribution in [2.24, 2.45) is 4.99 Å². The molecule has 0 aromatic heterocycles. The maximum absolute atomic E-state index is 5.43. The van der Waals surface area contributed by atoms with E-state index in [1.54, 1.807) is 7.11 Å². The largest absolute Gasteiger partial charge is 0.382 e. The van der Waals surface area contributed by atoms with Crippen molar-refractivity contribution in [2.75, 3.05) is 53.1 Å². The summed E-state index contributed by atoms with van der Waals surface area (Å²) in [5.74, 6) is 0.852. The molecule has 0 bridgehead atoms. The molecule has 0 heterocycles. The van der Waals surface area contributed by atoms with E-state index < -0.39 is 0 Å². The van der Waals surface area contributed by atoms with Gasteiger partial charge in [-0.3, -0.25) is 9.89 Å². The molecule has 0 aliphatic rings. The third-order valence-corrected chi connectivity index (χ3v) is 3.27. The Hall–Kier alpha value is -0.850. The number of hydrogen-bond donors (Lipinski definition) is 2. The average Bonchev–Trinajstić information content (AvgIpc) is 2.46. The van der Waals surface area contributed by atoms with Crippen LogP contribution in [-0.4, -0.2) is 76.1 Å². The molecule has 22 heavy (non-hydrogen) atoms. The third kappa shape index (κ3) is 10.8. The van der Waals surface area contributed by atoms with Crippen LogP contribution in [0.25, 0.3) is 0 Å². The van der Waals surface area contributed by atoms with Crippen LogP contribution in [0.4, 0.5) is 0 Å². The van der Waals surface area contributed by atoms with Crippen LogP contribution in [0.15, 0.2) is 4.99 Å². The Bertz CT molecular complexity index is 275. The van der Waals surface area contributed by atoms with E-state index in [9.17, 15) is 0 Å². The van der Waals surface area contributed by atoms with E-state index in [2.05, 4.69) is 55.1 Å². The number of guanidine groups is 1. The van der Waals surface area contributed by atoms with E-state index in [-0.39, 0.29) is 0 Å². The van der Waals surface area contributed by atoms with Crippen LogP contribution in [0, 0.1) is 0 Å². The number of hydrogen-bond acceptors (Lipinski definition) is 4. The van der Waals surface area contributed by atoms with Crippen molar-refractivity contribution in [3.63, 3.8) is 0 Å². The van der Waals surface area contributed by atoms with E-state index >= 15 is 0 Å². The first-order valence-electron chi connectivity index (χ1n) is 8.37. The zero-order valence-corrected chi connectivity index (χ0v) is 15.3. The standard InChI is InChI=1S/C16H36N4O2/c1-7-17-16(19-9-11-22-13-12-21-6)18-8-10-20(14(2)3)15(4)5/h14-15H,7-13H2,1-6H3,(H2,17,18,19). The van der Waals surface area contributed by atoms with Crippen LogP contribution >= 0.6 is 0 Å². The van der Waals surface area contributed by atoms with Crippen molar-refractivity contribution < 1.29 is 9.47 Å². The summed E-state index contributed by atoms with van der Waals surface area (Å²) in [6.45, 7) is 16.2. The first-order chi connectivity index (χ1) is 10.5. The fraction of sp³-hybridized carbons (Fsp3) is 0.938. The molecule has 6 nitrogen and oxygen atoms in total. The molecule has 132 valence electrons. The Balaban J connectivity index is 4.08. The fourth-order valence-electron chi connectivity index (χ4n) is 2.22. The Labute approximate surface area is 136 Å². The minimum absolute atomic E-state index is 0.542. The van der Waals surface area contributed by atoms with Crippen molar-refractivity contribution in [1.29, 1.82) is 0 Å². The maximum Gasteiger partial charge on any atom is 0.191 e. The van der Waals surface area contributed by atoms with Crippen molar-refractivity contribution in [3.05, 3.63) is 0 Å². The highest BCUT2D eigenvalue weighted by molar-refractivity contribution is 5.79. The molecule has 0 atom stereocenters. The van der Waals surface area contributed by atoms with Crippen molar-refractivity contribution in [1.82, 2.24) is 15.5 Å². The monoisotopic (exact) mass is 316 g/mol. The van der Waals surface area contributed by atoms with Crippen LogP contribution < -0.4 is 10.6 Å². The van der Waals surface area contributed by atoms with Gasteiger partial charge in [0.15, 0.2) is 5.96 Å². The lowest BCUT2D eigenvalue weighted by Crippen LogP contribution is -2.41. The zero-order valence-electron chi connectivity index (χ0n) is 15.3. The van der Waals surface area contributed by atoms with Crippen LogP contribution in [0.2, 0.25) is 0 Å². The molecule has 0 amide bonds. The SMILES string of the molecule is CCNC(=NCCN(C(C)C)C(C)C)NCCOCCOC. The van der Waals surface area contributed by atoms with E-state index in [0.717, 1.165) is 32.1 Å². The van der Waals surface area contributed by atoms with Crippen LogP contribution in [0.1, 0.15) is 34.6 Å². The second-order valence-electron chi connectivity index (χ2n) is 5.72. The number of nitrogens with one attached hydrogen (secondary N) is 2. The first kappa shape index (κ1) is 21.1. The Morgan fingerprint density at radius 3 is 2.27 bits per heavy atom. The molecule has 0 aliphatic carbocycles. The lowest BCUT2D eigenvalue weighted by Gasteiger charge is -2.29. The van der Waals surface area contributed by atoms with Gasteiger partial charge in [-0.15, -0.1) is 0 Å². The predicted molar refractivity (Wildman–Crippen MR) is 93.7 cm³/mol. The maximum atomic E-state index is 5.43. The van der Waals surface area contributed by atoms with Gasteiger partial charge in [0, 0.05) is 38.8 Å². The Kier molecular flexibility index (Phi) is 13.3. The van der Waals surface area contributed by atoms with E-state index in [1.165, 1.54) is 0 Å². The number of nitrogens with zero attached hydrogens (tertiary/aromatic N) is 2. The minimum Gasteiger partial charge on any atom is -0.382 e. The van der Waals surface area contributed by atoms with Gasteiger partial charge >= 0.3 is 0 Å². The average molecular weight is 316 g/mol. The minimum atomic E-state index is 0.542. The van der Waals surface area contributed by atoms with E-state index in [4.69, 9.17) is 9.47 Å². The van der Waals surface area contributed by atoms with E-state index in [0.29, 0.717) is 31.9 Å². The van der Waals surface area contributed by atoms with Crippen LogP contribution in [0.3, 0.4) is 0 Å². The van der Waals surface area contributed by atoms with Gasteiger partial charge in [0.25, 0.3) is 0 Å². The van der Waals surface area contributed by atoms with Crippen LogP contribution in [0.5, 0.6) is 0 Å². The number of methoxy groups -OCH3 is 1. The summed E-state index contributed by atoms with van der Waals surface area (Å²) >= 11 is 0. The van der Waals surface area contributed by atoms with Crippen molar-refractivity contribution >= 4 is 5.96 Å². The quantitative estimate of drug-likeness (QED) is 0.323. The molecule has 0 saturated carbocycles. The lowest BCUT2D eigenvalue weighted by atomic mass is 10.2. The highest BCUT2D eigenvalue weighted by Gasteiger charge is 2.12. The molecule has 0 aliphatic heterocycles.